The van der Waals surface area contributed by atoms with Gasteiger partial charge in [0, 0.05) is 24.5 Å². The van der Waals surface area contributed by atoms with Gasteiger partial charge in [0.2, 0.25) is 10.0 Å². The second kappa shape index (κ2) is 7.69. The number of hydrogen-bond acceptors (Lipinski definition) is 5. The van der Waals surface area contributed by atoms with Gasteiger partial charge in [-0.1, -0.05) is 0 Å². The highest BCUT2D eigenvalue weighted by molar-refractivity contribution is 7.88. The normalized spacial score (nSPS) is 18.8. The summed E-state index contributed by atoms with van der Waals surface area (Å²) in [7, 11) is -3.28. The molecule has 2 heterocycles. The second-order valence-corrected chi connectivity index (χ2v) is 8.84. The Balaban J connectivity index is 2.01. The van der Waals surface area contributed by atoms with Crippen molar-refractivity contribution < 1.29 is 8.42 Å². The van der Waals surface area contributed by atoms with E-state index in [4.69, 9.17) is 0 Å². The molecular weight excluding hydrogens is 342 g/mol. The topological polar surface area (TPSA) is 113 Å². The van der Waals surface area contributed by atoms with Crippen molar-refractivity contribution in [2.45, 2.75) is 58.7 Å². The van der Waals surface area contributed by atoms with Gasteiger partial charge in [-0.15, -0.1) is 0 Å². The minimum absolute atomic E-state index is 0.206. The molecule has 0 saturated carbocycles. The molecule has 0 aromatic carbocycles. The van der Waals surface area contributed by atoms with E-state index in [0.29, 0.717) is 12.5 Å². The molecule has 0 saturated heterocycles. The van der Waals surface area contributed by atoms with Gasteiger partial charge in [0.25, 0.3) is 0 Å². The van der Waals surface area contributed by atoms with Gasteiger partial charge >= 0.3 is 0 Å². The maximum Gasteiger partial charge on any atom is 0.209 e. The average Bonchev–Trinajstić information content (AvgIpc) is 2.82. The lowest BCUT2D eigenvalue weighted by Crippen LogP contribution is -2.49. The van der Waals surface area contributed by atoms with Crippen molar-refractivity contribution in [3.05, 3.63) is 11.6 Å². The van der Waals surface area contributed by atoms with Crippen LogP contribution in [0, 0.1) is 6.92 Å². The lowest BCUT2D eigenvalue weighted by atomic mass is 10.1. The molecule has 3 N–H and O–H groups in total. The van der Waals surface area contributed by atoms with Gasteiger partial charge in [-0.3, -0.25) is 4.99 Å². The summed E-state index contributed by atoms with van der Waals surface area (Å²) in [4.78, 5) is 8.96. The maximum atomic E-state index is 11.4. The molecule has 0 radical (unpaired) electrons. The van der Waals surface area contributed by atoms with Crippen LogP contribution >= 0.6 is 0 Å². The number of hydrogen-bond donors (Lipinski definition) is 3. The average molecular weight is 372 g/mol. The predicted octanol–water partition coefficient (Wildman–Crippen LogP) is -0.216. The first-order valence-electron chi connectivity index (χ1n) is 8.52. The molecule has 1 aromatic heterocycles. The molecule has 1 aliphatic rings. The highest BCUT2D eigenvalue weighted by Crippen LogP contribution is 2.13. The summed E-state index contributed by atoms with van der Waals surface area (Å²) in [6.07, 6.45) is 2.98. The number of sulfonamides is 1. The van der Waals surface area contributed by atoms with Gasteiger partial charge in [0.15, 0.2) is 5.96 Å². The molecule has 10 heteroatoms. The van der Waals surface area contributed by atoms with E-state index in [1.54, 1.807) is 0 Å². The Hall–Kier alpha value is -1.68. The third-order valence-corrected chi connectivity index (χ3v) is 4.67. The standard InChI is InChI=1S/C15H29N7O2S/c1-6-16-14(17-10-15(3,4)21-25(5,23)24)19-12-7-8-13-18-11(2)20-22(13)9-12/h12,21H,6-10H2,1-5H3,(H2,16,17,19). The van der Waals surface area contributed by atoms with E-state index < -0.39 is 15.6 Å². The molecule has 0 amide bonds. The first-order valence-corrected chi connectivity index (χ1v) is 10.4. The summed E-state index contributed by atoms with van der Waals surface area (Å²) < 4.78 is 27.4. The van der Waals surface area contributed by atoms with E-state index in [-0.39, 0.29) is 6.04 Å². The molecule has 0 fully saturated rings. The SMILES string of the molecule is CCNC(=NCC(C)(C)NS(C)(=O)=O)NC1CCc2nc(C)nn2C1. The molecule has 0 bridgehead atoms. The van der Waals surface area contributed by atoms with Crippen LogP contribution in [-0.4, -0.2) is 60.1 Å². The van der Waals surface area contributed by atoms with Crippen molar-refractivity contribution in [2.75, 3.05) is 19.3 Å². The monoisotopic (exact) mass is 371 g/mol. The van der Waals surface area contributed by atoms with Crippen molar-refractivity contribution in [2.24, 2.45) is 4.99 Å². The molecule has 9 nitrogen and oxygen atoms in total. The lowest BCUT2D eigenvalue weighted by Gasteiger charge is -2.27. The Morgan fingerprint density at radius 3 is 2.80 bits per heavy atom. The van der Waals surface area contributed by atoms with Crippen molar-refractivity contribution in [1.29, 1.82) is 0 Å². The van der Waals surface area contributed by atoms with Crippen LogP contribution < -0.4 is 15.4 Å². The molecule has 2 rings (SSSR count). The molecule has 25 heavy (non-hydrogen) atoms. The van der Waals surface area contributed by atoms with Crippen LogP contribution in [0.1, 0.15) is 38.8 Å². The molecule has 1 atom stereocenters. The van der Waals surface area contributed by atoms with E-state index >= 15 is 0 Å². The van der Waals surface area contributed by atoms with Crippen LogP contribution in [0.5, 0.6) is 0 Å². The fourth-order valence-electron chi connectivity index (χ4n) is 2.88. The molecular formula is C15H29N7O2S. The largest absolute Gasteiger partial charge is 0.357 e. The molecule has 1 aromatic rings. The minimum Gasteiger partial charge on any atom is -0.357 e. The zero-order valence-corrected chi connectivity index (χ0v) is 16.4. The zero-order chi connectivity index (χ0) is 18.7. The number of guanidine groups is 1. The Morgan fingerprint density at radius 1 is 1.44 bits per heavy atom. The highest BCUT2D eigenvalue weighted by atomic mass is 32.2. The quantitative estimate of drug-likeness (QED) is 0.471. The number of aromatic nitrogens is 3. The fourth-order valence-corrected chi connectivity index (χ4v) is 3.94. The molecule has 1 aliphatic heterocycles. The van der Waals surface area contributed by atoms with Gasteiger partial charge in [0.05, 0.1) is 19.3 Å². The zero-order valence-electron chi connectivity index (χ0n) is 15.6. The van der Waals surface area contributed by atoms with Gasteiger partial charge < -0.3 is 10.6 Å². The number of nitrogens with zero attached hydrogens (tertiary/aromatic N) is 4. The van der Waals surface area contributed by atoms with Crippen LogP contribution in [0.3, 0.4) is 0 Å². The van der Waals surface area contributed by atoms with Gasteiger partial charge in [-0.25, -0.2) is 22.8 Å². The summed E-state index contributed by atoms with van der Waals surface area (Å²) >= 11 is 0. The first kappa shape index (κ1) is 19.6. The van der Waals surface area contributed by atoms with Crippen LogP contribution in [0.2, 0.25) is 0 Å². The molecule has 0 aliphatic carbocycles. The summed E-state index contributed by atoms with van der Waals surface area (Å²) in [5.74, 6) is 2.50. The summed E-state index contributed by atoms with van der Waals surface area (Å²) in [6, 6.07) is 0.206. The Labute approximate surface area is 149 Å². The smallest absolute Gasteiger partial charge is 0.209 e. The van der Waals surface area contributed by atoms with Crippen LogP contribution in [-0.2, 0) is 23.0 Å². The van der Waals surface area contributed by atoms with Gasteiger partial charge in [-0.2, -0.15) is 5.10 Å². The van der Waals surface area contributed by atoms with Crippen LogP contribution in [0.4, 0.5) is 0 Å². The lowest BCUT2D eigenvalue weighted by molar-refractivity contribution is 0.391. The number of aryl methyl sites for hydroxylation is 2. The Kier molecular flexibility index (Phi) is 6.04. The van der Waals surface area contributed by atoms with E-state index in [0.717, 1.165) is 43.8 Å². The fraction of sp³-hybridized carbons (Fsp3) is 0.800. The summed E-state index contributed by atoms with van der Waals surface area (Å²) in [5.41, 5.74) is -0.654. The van der Waals surface area contributed by atoms with Crippen LogP contribution in [0.25, 0.3) is 0 Å². The molecule has 1 unspecified atom stereocenters. The van der Waals surface area contributed by atoms with E-state index in [2.05, 4.69) is 30.4 Å². The van der Waals surface area contributed by atoms with Crippen molar-refractivity contribution >= 4 is 16.0 Å². The summed E-state index contributed by atoms with van der Waals surface area (Å²) in [5, 5.41) is 11.0. The third kappa shape index (κ3) is 6.28. The van der Waals surface area contributed by atoms with Crippen molar-refractivity contribution in [3.63, 3.8) is 0 Å². The van der Waals surface area contributed by atoms with Gasteiger partial charge in [-0.05, 0) is 34.1 Å². The van der Waals surface area contributed by atoms with Crippen LogP contribution in [0.15, 0.2) is 4.99 Å². The maximum absolute atomic E-state index is 11.4. The first-order chi connectivity index (χ1) is 11.6. The number of aliphatic imine (C=N–C) groups is 1. The van der Waals surface area contributed by atoms with E-state index in [1.807, 2.05) is 32.4 Å². The van der Waals surface area contributed by atoms with E-state index in [1.165, 1.54) is 0 Å². The number of rotatable bonds is 6. The van der Waals surface area contributed by atoms with Crippen molar-refractivity contribution in [3.8, 4) is 0 Å². The van der Waals surface area contributed by atoms with E-state index in [9.17, 15) is 8.42 Å². The molecule has 0 spiro atoms. The van der Waals surface area contributed by atoms with Gasteiger partial charge in [0.1, 0.15) is 11.6 Å². The molecule has 142 valence electrons. The van der Waals surface area contributed by atoms with Crippen molar-refractivity contribution in [1.82, 2.24) is 30.1 Å². The Morgan fingerprint density at radius 2 is 2.16 bits per heavy atom. The minimum atomic E-state index is -3.28. The Bertz CT molecular complexity index is 724. The number of nitrogens with one attached hydrogen (secondary N) is 3. The summed E-state index contributed by atoms with van der Waals surface area (Å²) in [6.45, 7) is 9.32. The predicted molar refractivity (Wildman–Crippen MR) is 98.0 cm³/mol. The highest BCUT2D eigenvalue weighted by Gasteiger charge is 2.24. The number of fused-ring (bicyclic) bond motifs is 1. The third-order valence-electron chi connectivity index (χ3n) is 3.74. The second-order valence-electron chi connectivity index (χ2n) is 7.09.